The molecule has 6 nitrogen and oxygen atoms in total. The predicted molar refractivity (Wildman–Crippen MR) is 72.8 cm³/mol. The number of halogens is 1. The van der Waals surface area contributed by atoms with Crippen LogP contribution in [0.4, 0.5) is 4.39 Å². The summed E-state index contributed by atoms with van der Waals surface area (Å²) in [5, 5.41) is 4.09. The zero-order chi connectivity index (χ0) is 14.7. The molecule has 1 fully saturated rings. The third kappa shape index (κ3) is 3.07. The largest absolute Gasteiger partial charge is 0.339 e. The predicted octanol–water partition coefficient (Wildman–Crippen LogP) is 1.36. The molecule has 0 radical (unpaired) electrons. The smallest absolute Gasteiger partial charge is 0.256 e. The quantitative estimate of drug-likeness (QED) is 0.856. The van der Waals surface area contributed by atoms with Crippen molar-refractivity contribution in [2.75, 3.05) is 13.1 Å². The molecule has 1 aliphatic rings. The van der Waals surface area contributed by atoms with E-state index >= 15 is 0 Å². The van der Waals surface area contributed by atoms with E-state index in [2.05, 4.69) is 15.1 Å². The highest BCUT2D eigenvalue weighted by molar-refractivity contribution is 5.94. The van der Waals surface area contributed by atoms with E-state index in [1.165, 1.54) is 18.6 Å². The molecule has 0 aliphatic carbocycles. The summed E-state index contributed by atoms with van der Waals surface area (Å²) in [6.07, 6.45) is 7.50. The van der Waals surface area contributed by atoms with Gasteiger partial charge >= 0.3 is 0 Å². The molecular formula is C14H16FN5O. The maximum Gasteiger partial charge on any atom is 0.256 e. The molecule has 2 aromatic heterocycles. The van der Waals surface area contributed by atoms with E-state index in [4.69, 9.17) is 0 Å². The van der Waals surface area contributed by atoms with Crippen molar-refractivity contribution in [2.24, 2.45) is 5.92 Å². The van der Waals surface area contributed by atoms with E-state index in [9.17, 15) is 9.18 Å². The molecule has 0 unspecified atom stereocenters. The van der Waals surface area contributed by atoms with Crippen LogP contribution in [0.2, 0.25) is 0 Å². The highest BCUT2D eigenvalue weighted by Gasteiger charge is 2.25. The number of amides is 1. The Labute approximate surface area is 121 Å². The molecule has 3 heterocycles. The standard InChI is InChI=1S/C14H16FN5O/c15-13-7-16-4-1-12(13)14(21)19-5-2-11(3-6-19)8-20-10-17-9-18-20/h1,4,7,9-11H,2-3,5-6,8H2. The maximum atomic E-state index is 13.6. The van der Waals surface area contributed by atoms with Crippen LogP contribution in [0, 0.1) is 11.7 Å². The minimum atomic E-state index is -0.563. The van der Waals surface area contributed by atoms with E-state index in [-0.39, 0.29) is 11.5 Å². The Balaban J connectivity index is 1.58. The van der Waals surface area contributed by atoms with Crippen molar-refractivity contribution in [3.05, 3.63) is 42.5 Å². The molecule has 0 N–H and O–H groups in total. The molecule has 0 aromatic carbocycles. The Hall–Kier alpha value is -2.31. The lowest BCUT2D eigenvalue weighted by Gasteiger charge is -2.32. The average Bonchev–Trinajstić information content (AvgIpc) is 3.01. The van der Waals surface area contributed by atoms with Gasteiger partial charge < -0.3 is 4.90 Å². The van der Waals surface area contributed by atoms with Crippen molar-refractivity contribution in [1.29, 1.82) is 0 Å². The van der Waals surface area contributed by atoms with Crippen molar-refractivity contribution in [2.45, 2.75) is 19.4 Å². The number of likely N-dealkylation sites (tertiary alicyclic amines) is 1. The molecule has 1 saturated heterocycles. The minimum Gasteiger partial charge on any atom is -0.339 e. The van der Waals surface area contributed by atoms with Crippen molar-refractivity contribution in [1.82, 2.24) is 24.6 Å². The lowest BCUT2D eigenvalue weighted by atomic mass is 9.96. The van der Waals surface area contributed by atoms with Crippen LogP contribution in [0.1, 0.15) is 23.2 Å². The van der Waals surface area contributed by atoms with E-state index in [0.29, 0.717) is 19.0 Å². The van der Waals surface area contributed by atoms with Crippen molar-refractivity contribution in [3.8, 4) is 0 Å². The topological polar surface area (TPSA) is 63.9 Å². The van der Waals surface area contributed by atoms with Crippen LogP contribution < -0.4 is 0 Å². The molecule has 110 valence electrons. The van der Waals surface area contributed by atoms with Gasteiger partial charge in [-0.15, -0.1) is 0 Å². The Kier molecular flexibility index (Phi) is 3.89. The van der Waals surface area contributed by atoms with E-state index in [0.717, 1.165) is 25.6 Å². The maximum absolute atomic E-state index is 13.6. The highest BCUT2D eigenvalue weighted by Crippen LogP contribution is 2.20. The van der Waals surface area contributed by atoms with Gasteiger partial charge in [-0.05, 0) is 24.8 Å². The number of rotatable bonds is 3. The number of pyridine rings is 1. The number of aromatic nitrogens is 4. The number of hydrogen-bond donors (Lipinski definition) is 0. The molecule has 0 spiro atoms. The first-order valence-electron chi connectivity index (χ1n) is 6.95. The lowest BCUT2D eigenvalue weighted by molar-refractivity contribution is 0.0676. The van der Waals surface area contributed by atoms with Gasteiger partial charge in [0.1, 0.15) is 12.7 Å². The summed E-state index contributed by atoms with van der Waals surface area (Å²) < 4.78 is 15.4. The van der Waals surface area contributed by atoms with Crippen LogP contribution in [0.3, 0.4) is 0 Å². The summed E-state index contributed by atoms with van der Waals surface area (Å²) in [6, 6.07) is 1.43. The summed E-state index contributed by atoms with van der Waals surface area (Å²) >= 11 is 0. The minimum absolute atomic E-state index is 0.0970. The third-order valence-electron chi connectivity index (χ3n) is 3.82. The summed E-state index contributed by atoms with van der Waals surface area (Å²) in [4.78, 5) is 21.6. The van der Waals surface area contributed by atoms with Crippen LogP contribution in [-0.2, 0) is 6.54 Å². The van der Waals surface area contributed by atoms with E-state index in [1.54, 1.807) is 11.2 Å². The van der Waals surface area contributed by atoms with E-state index in [1.807, 2.05) is 4.68 Å². The molecule has 2 aromatic rings. The third-order valence-corrected chi connectivity index (χ3v) is 3.82. The van der Waals surface area contributed by atoms with Gasteiger partial charge in [0.2, 0.25) is 0 Å². The number of carbonyl (C=O) groups excluding carboxylic acids is 1. The van der Waals surface area contributed by atoms with Gasteiger partial charge in [0, 0.05) is 25.8 Å². The van der Waals surface area contributed by atoms with Gasteiger partial charge in [-0.3, -0.25) is 14.5 Å². The fourth-order valence-electron chi connectivity index (χ4n) is 2.63. The van der Waals surface area contributed by atoms with Gasteiger partial charge in [-0.1, -0.05) is 0 Å². The zero-order valence-electron chi connectivity index (χ0n) is 11.5. The summed E-state index contributed by atoms with van der Waals surface area (Å²) in [6.45, 7) is 2.09. The molecular weight excluding hydrogens is 273 g/mol. The fourth-order valence-corrected chi connectivity index (χ4v) is 2.63. The lowest BCUT2D eigenvalue weighted by Crippen LogP contribution is -2.39. The van der Waals surface area contributed by atoms with Crippen molar-refractivity contribution < 1.29 is 9.18 Å². The number of nitrogens with zero attached hydrogens (tertiary/aromatic N) is 5. The molecule has 0 saturated carbocycles. The first-order chi connectivity index (χ1) is 10.2. The molecule has 3 rings (SSSR count). The Morgan fingerprint density at radius 2 is 2.14 bits per heavy atom. The van der Waals surface area contributed by atoms with E-state index < -0.39 is 5.82 Å². The molecule has 7 heteroatoms. The van der Waals surface area contributed by atoms with Crippen LogP contribution in [0.15, 0.2) is 31.1 Å². The van der Waals surface area contributed by atoms with Gasteiger partial charge in [0.25, 0.3) is 5.91 Å². The van der Waals surface area contributed by atoms with Crippen molar-refractivity contribution in [3.63, 3.8) is 0 Å². The highest BCUT2D eigenvalue weighted by atomic mass is 19.1. The number of hydrogen-bond acceptors (Lipinski definition) is 4. The average molecular weight is 289 g/mol. The molecule has 1 amide bonds. The second kappa shape index (κ2) is 5.99. The molecule has 0 bridgehead atoms. The molecule has 0 atom stereocenters. The van der Waals surface area contributed by atoms with Crippen LogP contribution >= 0.6 is 0 Å². The Morgan fingerprint density at radius 1 is 1.33 bits per heavy atom. The van der Waals surface area contributed by atoms with Crippen LogP contribution in [-0.4, -0.2) is 43.6 Å². The first kappa shape index (κ1) is 13.7. The summed E-state index contributed by atoms with van der Waals surface area (Å²) in [5.74, 6) is -0.348. The Bertz CT molecular complexity index is 608. The normalized spacial score (nSPS) is 16.1. The fraction of sp³-hybridized carbons (Fsp3) is 0.429. The summed E-state index contributed by atoms with van der Waals surface area (Å²) in [5.41, 5.74) is 0.0970. The molecule has 21 heavy (non-hydrogen) atoms. The van der Waals surface area contributed by atoms with Crippen LogP contribution in [0.25, 0.3) is 0 Å². The van der Waals surface area contributed by atoms with Gasteiger partial charge in [0.05, 0.1) is 11.8 Å². The van der Waals surface area contributed by atoms with Crippen molar-refractivity contribution >= 4 is 5.91 Å². The first-order valence-corrected chi connectivity index (χ1v) is 6.95. The summed E-state index contributed by atoms with van der Waals surface area (Å²) in [7, 11) is 0. The second-order valence-corrected chi connectivity index (χ2v) is 5.21. The Morgan fingerprint density at radius 3 is 2.81 bits per heavy atom. The van der Waals surface area contributed by atoms with Gasteiger partial charge in [-0.25, -0.2) is 9.37 Å². The monoisotopic (exact) mass is 289 g/mol. The number of piperidine rings is 1. The zero-order valence-corrected chi connectivity index (χ0v) is 11.5. The van der Waals surface area contributed by atoms with Crippen LogP contribution in [0.5, 0.6) is 0 Å². The van der Waals surface area contributed by atoms with Gasteiger partial charge in [0.15, 0.2) is 5.82 Å². The molecule has 1 aliphatic heterocycles. The number of carbonyl (C=O) groups is 1. The van der Waals surface area contributed by atoms with Gasteiger partial charge in [-0.2, -0.15) is 5.10 Å². The SMILES string of the molecule is O=C(c1ccncc1F)N1CCC(Cn2cncn2)CC1. The second-order valence-electron chi connectivity index (χ2n) is 5.21.